The van der Waals surface area contributed by atoms with Gasteiger partial charge in [0.25, 0.3) is 0 Å². The van der Waals surface area contributed by atoms with Gasteiger partial charge in [0.2, 0.25) is 0 Å². The van der Waals surface area contributed by atoms with Gasteiger partial charge in [-0.15, -0.1) is 0 Å². The summed E-state index contributed by atoms with van der Waals surface area (Å²) in [5, 5.41) is 9.30. The van der Waals surface area contributed by atoms with Gasteiger partial charge in [-0.2, -0.15) is 10.2 Å². The molecule has 0 bridgehead atoms. The van der Waals surface area contributed by atoms with Crippen molar-refractivity contribution in [2.24, 2.45) is 5.73 Å². The molecule has 2 heterocycles. The summed E-state index contributed by atoms with van der Waals surface area (Å²) < 4.78 is 4.15. The van der Waals surface area contributed by atoms with E-state index < -0.39 is 0 Å². The number of hydrogen-bond acceptors (Lipinski definition) is 3. The van der Waals surface area contributed by atoms with Crippen molar-refractivity contribution in [3.05, 3.63) is 34.4 Å². The van der Waals surface area contributed by atoms with E-state index in [9.17, 15) is 0 Å². The van der Waals surface area contributed by atoms with Gasteiger partial charge in [-0.1, -0.05) is 6.92 Å². The average Bonchev–Trinajstić information content (AvgIpc) is 2.95. The molecule has 0 aliphatic heterocycles. The average molecular weight is 289 g/mol. The number of nitrogens with zero attached hydrogens (tertiary/aromatic N) is 4. The molecule has 2 aromatic rings. The molecule has 0 fully saturated rings. The lowest BCUT2D eigenvalue weighted by molar-refractivity contribution is 0.565. The first-order valence-electron chi connectivity index (χ1n) is 7.80. The van der Waals surface area contributed by atoms with Crippen LogP contribution < -0.4 is 5.73 Å². The van der Waals surface area contributed by atoms with Crippen LogP contribution in [0.25, 0.3) is 0 Å². The van der Waals surface area contributed by atoms with E-state index in [0.29, 0.717) is 0 Å². The molecule has 1 atom stereocenters. The standard InChI is InChI=1S/C16H27N5/c1-6-14-9-15(20(7-2)19-14)10-21-13(5)16(8-11(3)17)12(4)18-21/h9,11H,6-8,10,17H2,1-5H3. The molecule has 0 aromatic carbocycles. The van der Waals surface area contributed by atoms with Crippen molar-refractivity contribution in [1.29, 1.82) is 0 Å². The van der Waals surface area contributed by atoms with Crippen LogP contribution in [0.1, 0.15) is 49.1 Å². The molecule has 2 N–H and O–H groups in total. The zero-order valence-corrected chi connectivity index (χ0v) is 13.8. The highest BCUT2D eigenvalue weighted by atomic mass is 15.3. The van der Waals surface area contributed by atoms with E-state index in [0.717, 1.165) is 37.3 Å². The van der Waals surface area contributed by atoms with Crippen LogP contribution in [0.5, 0.6) is 0 Å². The fourth-order valence-corrected chi connectivity index (χ4v) is 2.75. The van der Waals surface area contributed by atoms with Crippen LogP contribution in [-0.2, 0) is 25.9 Å². The quantitative estimate of drug-likeness (QED) is 0.887. The Kier molecular flexibility index (Phi) is 4.83. The molecular weight excluding hydrogens is 262 g/mol. The maximum Gasteiger partial charge on any atom is 0.0831 e. The summed E-state index contributed by atoms with van der Waals surface area (Å²) in [5.74, 6) is 0. The predicted octanol–water partition coefficient (Wildman–Crippen LogP) is 2.22. The molecule has 0 radical (unpaired) electrons. The molecule has 0 aliphatic carbocycles. The van der Waals surface area contributed by atoms with E-state index >= 15 is 0 Å². The van der Waals surface area contributed by atoms with E-state index in [1.807, 2.05) is 6.92 Å². The van der Waals surface area contributed by atoms with E-state index in [1.54, 1.807) is 0 Å². The van der Waals surface area contributed by atoms with Gasteiger partial charge < -0.3 is 5.73 Å². The summed E-state index contributed by atoms with van der Waals surface area (Å²) in [6.45, 7) is 12.2. The van der Waals surface area contributed by atoms with Crippen LogP contribution in [0.4, 0.5) is 0 Å². The van der Waals surface area contributed by atoms with Crippen LogP contribution in [0, 0.1) is 13.8 Å². The van der Waals surface area contributed by atoms with Crippen LogP contribution in [0.2, 0.25) is 0 Å². The minimum absolute atomic E-state index is 0.160. The Hall–Kier alpha value is -1.62. The summed E-state index contributed by atoms with van der Waals surface area (Å²) in [5.41, 5.74) is 11.9. The SMILES string of the molecule is CCc1cc(Cn2nc(C)c(CC(C)N)c2C)n(CC)n1. The fraction of sp³-hybridized carbons (Fsp3) is 0.625. The minimum Gasteiger partial charge on any atom is -0.328 e. The van der Waals surface area contributed by atoms with E-state index in [1.165, 1.54) is 17.0 Å². The van der Waals surface area contributed by atoms with Crippen molar-refractivity contribution in [2.45, 2.75) is 66.6 Å². The molecule has 1 unspecified atom stereocenters. The highest BCUT2D eigenvalue weighted by Gasteiger charge is 2.15. The Bertz CT molecular complexity index is 606. The Morgan fingerprint density at radius 2 is 1.90 bits per heavy atom. The van der Waals surface area contributed by atoms with Crippen molar-refractivity contribution >= 4 is 0 Å². The number of rotatable bonds is 6. The zero-order chi connectivity index (χ0) is 15.6. The first-order valence-corrected chi connectivity index (χ1v) is 7.80. The second kappa shape index (κ2) is 6.43. The summed E-state index contributed by atoms with van der Waals surface area (Å²) in [6, 6.07) is 2.35. The summed E-state index contributed by atoms with van der Waals surface area (Å²) in [6.07, 6.45) is 1.85. The monoisotopic (exact) mass is 289 g/mol. The number of nitrogens with two attached hydrogens (primary N) is 1. The molecule has 0 amide bonds. The van der Waals surface area contributed by atoms with Crippen LogP contribution >= 0.6 is 0 Å². The van der Waals surface area contributed by atoms with Gasteiger partial charge in [-0.25, -0.2) is 0 Å². The number of hydrogen-bond donors (Lipinski definition) is 1. The van der Waals surface area contributed by atoms with E-state index in [4.69, 9.17) is 5.73 Å². The molecule has 5 nitrogen and oxygen atoms in total. The summed E-state index contributed by atoms with van der Waals surface area (Å²) >= 11 is 0. The lowest BCUT2D eigenvalue weighted by Gasteiger charge is -2.08. The normalized spacial score (nSPS) is 12.9. The van der Waals surface area contributed by atoms with Crippen molar-refractivity contribution < 1.29 is 0 Å². The lowest BCUT2D eigenvalue weighted by atomic mass is 10.1. The van der Waals surface area contributed by atoms with Gasteiger partial charge in [0.15, 0.2) is 0 Å². The van der Waals surface area contributed by atoms with Crippen LogP contribution in [0.15, 0.2) is 6.07 Å². The van der Waals surface area contributed by atoms with Gasteiger partial charge in [0.05, 0.1) is 23.6 Å². The van der Waals surface area contributed by atoms with Crippen molar-refractivity contribution in [1.82, 2.24) is 19.6 Å². The van der Waals surface area contributed by atoms with Gasteiger partial charge in [0, 0.05) is 18.3 Å². The fourth-order valence-electron chi connectivity index (χ4n) is 2.75. The first kappa shape index (κ1) is 15.8. The second-order valence-corrected chi connectivity index (χ2v) is 5.78. The Morgan fingerprint density at radius 3 is 2.48 bits per heavy atom. The molecule has 0 aliphatic rings. The van der Waals surface area contributed by atoms with Gasteiger partial charge in [0.1, 0.15) is 0 Å². The highest BCUT2D eigenvalue weighted by molar-refractivity contribution is 5.26. The van der Waals surface area contributed by atoms with Gasteiger partial charge in [-0.3, -0.25) is 9.36 Å². The Balaban J connectivity index is 2.30. The maximum absolute atomic E-state index is 5.94. The molecule has 0 saturated carbocycles. The van der Waals surface area contributed by atoms with Gasteiger partial charge in [-0.05, 0) is 52.2 Å². The molecule has 116 valence electrons. The third kappa shape index (κ3) is 3.35. The van der Waals surface area contributed by atoms with Crippen molar-refractivity contribution in [3.8, 4) is 0 Å². The van der Waals surface area contributed by atoms with Crippen molar-refractivity contribution in [3.63, 3.8) is 0 Å². The summed E-state index contributed by atoms with van der Waals surface area (Å²) in [4.78, 5) is 0. The smallest absolute Gasteiger partial charge is 0.0831 e. The van der Waals surface area contributed by atoms with E-state index in [2.05, 4.69) is 53.3 Å². The molecule has 0 spiro atoms. The second-order valence-electron chi connectivity index (χ2n) is 5.78. The lowest BCUT2D eigenvalue weighted by Crippen LogP contribution is -2.18. The molecular formula is C16H27N5. The Labute approximate surface area is 127 Å². The first-order chi connectivity index (χ1) is 9.96. The van der Waals surface area contributed by atoms with Crippen LogP contribution in [-0.4, -0.2) is 25.6 Å². The minimum atomic E-state index is 0.160. The Morgan fingerprint density at radius 1 is 1.19 bits per heavy atom. The largest absolute Gasteiger partial charge is 0.328 e. The topological polar surface area (TPSA) is 61.7 Å². The third-order valence-corrected chi connectivity index (χ3v) is 3.94. The molecule has 21 heavy (non-hydrogen) atoms. The maximum atomic E-state index is 5.94. The van der Waals surface area contributed by atoms with Crippen molar-refractivity contribution in [2.75, 3.05) is 0 Å². The van der Waals surface area contributed by atoms with Gasteiger partial charge >= 0.3 is 0 Å². The summed E-state index contributed by atoms with van der Waals surface area (Å²) in [7, 11) is 0. The molecule has 2 aromatic heterocycles. The van der Waals surface area contributed by atoms with E-state index in [-0.39, 0.29) is 6.04 Å². The zero-order valence-electron chi connectivity index (χ0n) is 13.8. The number of aryl methyl sites for hydroxylation is 3. The highest BCUT2D eigenvalue weighted by Crippen LogP contribution is 2.17. The third-order valence-electron chi connectivity index (χ3n) is 3.94. The number of aromatic nitrogens is 4. The van der Waals surface area contributed by atoms with Crippen LogP contribution in [0.3, 0.4) is 0 Å². The molecule has 2 rings (SSSR count). The molecule has 0 saturated heterocycles. The molecule has 5 heteroatoms. The predicted molar refractivity (Wildman–Crippen MR) is 85.4 cm³/mol.